The van der Waals surface area contributed by atoms with Crippen molar-refractivity contribution in [3.8, 4) is 40.1 Å². The summed E-state index contributed by atoms with van der Waals surface area (Å²) in [6.07, 6.45) is -5.32. The summed E-state index contributed by atoms with van der Waals surface area (Å²) in [6.45, 7) is -1.64. The topological polar surface area (TPSA) is 211 Å². The van der Waals surface area contributed by atoms with Gasteiger partial charge in [-0.2, -0.15) is 0 Å². The van der Waals surface area contributed by atoms with Crippen molar-refractivity contribution in [2.75, 3.05) is 13.2 Å². The second-order valence-corrected chi connectivity index (χ2v) is 7.52. The van der Waals surface area contributed by atoms with Crippen molar-refractivity contribution in [3.63, 3.8) is 0 Å². The molecule has 1 aromatic heterocycles. The molecule has 0 amide bonds. The number of rotatable bonds is 4. The van der Waals surface area contributed by atoms with E-state index in [1.165, 1.54) is 6.07 Å². The Morgan fingerprint density at radius 2 is 1.73 bits per heavy atom. The highest BCUT2D eigenvalue weighted by atomic mass is 16.7. The van der Waals surface area contributed by atoms with Gasteiger partial charge in [0.1, 0.15) is 47.4 Å². The molecule has 8 N–H and O–H groups in total. The normalized spacial score (nSPS) is 25.3. The van der Waals surface area contributed by atoms with E-state index in [4.69, 9.17) is 13.9 Å². The van der Waals surface area contributed by atoms with Gasteiger partial charge in [0, 0.05) is 17.7 Å². The van der Waals surface area contributed by atoms with Gasteiger partial charge in [-0.1, -0.05) is 0 Å². The number of phenols is 4. The summed E-state index contributed by atoms with van der Waals surface area (Å²) >= 11 is 0. The fourth-order valence-electron chi connectivity index (χ4n) is 3.53. The molecule has 0 bridgehead atoms. The average molecular weight is 464 g/mol. The zero-order valence-electron chi connectivity index (χ0n) is 16.7. The number of benzene rings is 2. The van der Waals surface area contributed by atoms with Crippen LogP contribution in [0.5, 0.6) is 28.7 Å². The van der Waals surface area contributed by atoms with Crippen molar-refractivity contribution in [1.29, 1.82) is 0 Å². The fourth-order valence-corrected chi connectivity index (χ4v) is 3.53. The standard InChI is InChI=1S/C21H20O12/c22-7-21(20(30)16(28)13(27)6-31-21)33-19-17(29)15-12(26)4-9(23)5-14(15)32-18(19)8-1-2-10(24)11(25)3-8/h1-5,13,16,20,22-28,30H,6-7H2/t13-,16-,20+,21+/m1/s1. The van der Waals surface area contributed by atoms with Gasteiger partial charge >= 0.3 is 0 Å². The van der Waals surface area contributed by atoms with Gasteiger partial charge in [0.05, 0.1) is 6.61 Å². The molecule has 4 atom stereocenters. The first kappa shape index (κ1) is 22.6. The number of phenolic OH excluding ortho intramolecular Hbond substituents is 4. The van der Waals surface area contributed by atoms with Crippen molar-refractivity contribution in [3.05, 3.63) is 40.6 Å². The Kier molecular flexibility index (Phi) is 5.56. The minimum atomic E-state index is -2.42. The van der Waals surface area contributed by atoms with Crippen LogP contribution in [0.3, 0.4) is 0 Å². The van der Waals surface area contributed by atoms with Crippen molar-refractivity contribution in [1.82, 2.24) is 0 Å². The molecule has 33 heavy (non-hydrogen) atoms. The summed E-state index contributed by atoms with van der Waals surface area (Å²) in [5, 5.41) is 79.2. The molecule has 1 fully saturated rings. The van der Waals surface area contributed by atoms with E-state index < -0.39 is 82.6 Å². The molecule has 1 aliphatic heterocycles. The Bertz CT molecular complexity index is 1270. The third-order valence-electron chi connectivity index (χ3n) is 5.32. The van der Waals surface area contributed by atoms with Gasteiger partial charge in [0.2, 0.25) is 11.2 Å². The number of fused-ring (bicyclic) bond motifs is 1. The van der Waals surface area contributed by atoms with Crippen LogP contribution in [-0.2, 0) is 4.74 Å². The first-order valence-electron chi connectivity index (χ1n) is 9.61. The number of aromatic hydroxyl groups is 4. The molecule has 0 radical (unpaired) electrons. The summed E-state index contributed by atoms with van der Waals surface area (Å²) < 4.78 is 16.5. The molecular formula is C21H20O12. The molecule has 2 aromatic carbocycles. The van der Waals surface area contributed by atoms with Crippen LogP contribution in [0.4, 0.5) is 0 Å². The smallest absolute Gasteiger partial charge is 0.263 e. The minimum Gasteiger partial charge on any atom is -0.508 e. The maximum absolute atomic E-state index is 13.3. The molecule has 0 unspecified atom stereocenters. The lowest BCUT2D eigenvalue weighted by Gasteiger charge is -2.43. The predicted molar refractivity (Wildman–Crippen MR) is 109 cm³/mol. The van der Waals surface area contributed by atoms with Gasteiger partial charge in [-0.15, -0.1) is 0 Å². The van der Waals surface area contributed by atoms with Gasteiger partial charge in [-0.05, 0) is 18.2 Å². The first-order chi connectivity index (χ1) is 15.6. The Hall–Kier alpha value is -3.55. The highest BCUT2D eigenvalue weighted by molar-refractivity contribution is 5.88. The van der Waals surface area contributed by atoms with Crippen LogP contribution in [0.25, 0.3) is 22.3 Å². The summed E-state index contributed by atoms with van der Waals surface area (Å²) in [6, 6.07) is 5.28. The van der Waals surface area contributed by atoms with Crippen molar-refractivity contribution in [2.45, 2.75) is 24.1 Å². The van der Waals surface area contributed by atoms with Crippen molar-refractivity contribution >= 4 is 11.0 Å². The molecule has 0 aliphatic carbocycles. The maximum Gasteiger partial charge on any atom is 0.263 e. The van der Waals surface area contributed by atoms with E-state index in [-0.39, 0.29) is 11.1 Å². The number of aliphatic hydroxyl groups is 4. The van der Waals surface area contributed by atoms with E-state index in [9.17, 15) is 45.6 Å². The maximum atomic E-state index is 13.3. The lowest BCUT2D eigenvalue weighted by molar-refractivity contribution is -0.318. The Morgan fingerprint density at radius 3 is 2.39 bits per heavy atom. The van der Waals surface area contributed by atoms with E-state index in [1.807, 2.05) is 0 Å². The first-order valence-corrected chi connectivity index (χ1v) is 9.61. The third kappa shape index (κ3) is 3.69. The molecular weight excluding hydrogens is 444 g/mol. The summed E-state index contributed by atoms with van der Waals surface area (Å²) in [5.41, 5.74) is -1.30. The molecule has 4 rings (SSSR count). The van der Waals surface area contributed by atoms with Gasteiger partial charge in [0.15, 0.2) is 17.3 Å². The molecule has 1 saturated heterocycles. The molecule has 0 saturated carbocycles. The van der Waals surface area contributed by atoms with Crippen LogP contribution in [-0.4, -0.2) is 78.2 Å². The zero-order chi connectivity index (χ0) is 24.1. The lowest BCUT2D eigenvalue weighted by atomic mass is 9.97. The number of hydrogen-bond acceptors (Lipinski definition) is 12. The minimum absolute atomic E-state index is 0.0129. The SMILES string of the molecule is O=c1c(O[C@]2(CO)OC[C@@H](O)[C@@H](O)[C@@H]2O)c(-c2ccc(O)c(O)c2)oc2cc(O)cc(O)c12. The Labute approximate surface area is 184 Å². The van der Waals surface area contributed by atoms with Crippen LogP contribution >= 0.6 is 0 Å². The number of aliphatic hydroxyl groups excluding tert-OH is 4. The van der Waals surface area contributed by atoms with E-state index in [1.54, 1.807) is 0 Å². The van der Waals surface area contributed by atoms with E-state index >= 15 is 0 Å². The van der Waals surface area contributed by atoms with E-state index in [0.717, 1.165) is 24.3 Å². The number of ether oxygens (including phenoxy) is 2. The summed E-state index contributed by atoms with van der Waals surface area (Å²) in [7, 11) is 0. The van der Waals surface area contributed by atoms with Crippen LogP contribution in [0.15, 0.2) is 39.5 Å². The van der Waals surface area contributed by atoms with Gasteiger partial charge in [-0.25, -0.2) is 0 Å². The van der Waals surface area contributed by atoms with Crippen molar-refractivity contribution < 1.29 is 54.7 Å². The molecule has 1 aliphatic rings. The molecule has 3 aromatic rings. The predicted octanol–water partition coefficient (Wildman–Crippen LogP) is -0.537. The monoisotopic (exact) mass is 464 g/mol. The average Bonchev–Trinajstić information content (AvgIpc) is 2.77. The molecule has 12 nitrogen and oxygen atoms in total. The van der Waals surface area contributed by atoms with Crippen molar-refractivity contribution in [2.24, 2.45) is 0 Å². The highest BCUT2D eigenvalue weighted by Gasteiger charge is 2.52. The second-order valence-electron chi connectivity index (χ2n) is 7.52. The lowest BCUT2D eigenvalue weighted by Crippen LogP contribution is -2.65. The summed E-state index contributed by atoms with van der Waals surface area (Å²) in [4.78, 5) is 13.3. The van der Waals surface area contributed by atoms with Crippen LogP contribution < -0.4 is 10.2 Å². The highest BCUT2D eigenvalue weighted by Crippen LogP contribution is 2.40. The fraction of sp³-hybridized carbons (Fsp3) is 0.286. The largest absolute Gasteiger partial charge is 0.508 e. The van der Waals surface area contributed by atoms with Crippen LogP contribution in [0.2, 0.25) is 0 Å². The quantitative estimate of drug-likeness (QED) is 0.229. The Morgan fingerprint density at radius 1 is 1.00 bits per heavy atom. The van der Waals surface area contributed by atoms with Gasteiger partial charge in [-0.3, -0.25) is 4.79 Å². The van der Waals surface area contributed by atoms with Crippen LogP contribution in [0.1, 0.15) is 0 Å². The molecule has 2 heterocycles. The van der Waals surface area contributed by atoms with Gasteiger partial charge in [0.25, 0.3) is 5.79 Å². The second kappa shape index (κ2) is 8.10. The Balaban J connectivity index is 1.98. The zero-order valence-corrected chi connectivity index (χ0v) is 16.7. The van der Waals surface area contributed by atoms with E-state index in [2.05, 4.69) is 0 Å². The van der Waals surface area contributed by atoms with Gasteiger partial charge < -0.3 is 54.7 Å². The van der Waals surface area contributed by atoms with E-state index in [0.29, 0.717) is 0 Å². The molecule has 0 spiro atoms. The molecule has 176 valence electrons. The number of hydrogen-bond donors (Lipinski definition) is 8. The third-order valence-corrected chi connectivity index (χ3v) is 5.32. The summed E-state index contributed by atoms with van der Waals surface area (Å²) in [5.74, 6) is -5.66. The molecule has 12 heteroatoms. The van der Waals surface area contributed by atoms with Crippen LogP contribution in [0, 0.1) is 0 Å².